The topological polar surface area (TPSA) is 38.1 Å². The lowest BCUT2D eigenvalue weighted by atomic mass is 10.1. The van der Waals surface area contributed by atoms with Gasteiger partial charge in [0.05, 0.1) is 5.54 Å². The molecule has 5 heteroatoms. The second-order valence-electron chi connectivity index (χ2n) is 3.64. The first-order chi connectivity index (χ1) is 6.38. The lowest BCUT2D eigenvalue weighted by Crippen LogP contribution is -2.33. The Morgan fingerprint density at radius 3 is 2.36 bits per heavy atom. The summed E-state index contributed by atoms with van der Waals surface area (Å²) in [5.41, 5.74) is -0.805. The molecule has 1 aromatic rings. The van der Waals surface area contributed by atoms with Crippen LogP contribution in [0.15, 0.2) is 4.42 Å². The van der Waals surface area contributed by atoms with Crippen molar-refractivity contribution in [3.8, 4) is 0 Å². The molecule has 0 amide bonds. The van der Waals surface area contributed by atoms with E-state index in [0.29, 0.717) is 0 Å². The van der Waals surface area contributed by atoms with Crippen LogP contribution >= 0.6 is 0 Å². The summed E-state index contributed by atoms with van der Waals surface area (Å²) in [5.74, 6) is 0.464. The van der Waals surface area contributed by atoms with Gasteiger partial charge >= 0.3 is 0 Å². The van der Waals surface area contributed by atoms with Crippen LogP contribution in [0.4, 0.5) is 8.78 Å². The Morgan fingerprint density at radius 1 is 1.43 bits per heavy atom. The number of hydrogen-bond donors (Lipinski definition) is 1. The van der Waals surface area contributed by atoms with Gasteiger partial charge in [0.2, 0.25) is 5.89 Å². The molecule has 1 N–H and O–H groups in total. The van der Waals surface area contributed by atoms with Crippen LogP contribution in [-0.2, 0) is 5.54 Å². The van der Waals surface area contributed by atoms with Crippen molar-refractivity contribution < 1.29 is 13.2 Å². The number of rotatable bonds is 3. The molecule has 1 heterocycles. The number of nitrogens with zero attached hydrogens (tertiary/aromatic N) is 1. The minimum atomic E-state index is -2.58. The Hall–Kier alpha value is -0.970. The molecular weight excluding hydrogens is 190 g/mol. The lowest BCUT2D eigenvalue weighted by molar-refractivity contribution is 0.144. The second-order valence-corrected chi connectivity index (χ2v) is 3.64. The van der Waals surface area contributed by atoms with Crippen LogP contribution in [0, 0.1) is 6.92 Å². The molecule has 0 spiro atoms. The summed E-state index contributed by atoms with van der Waals surface area (Å²) < 4.78 is 30.0. The van der Waals surface area contributed by atoms with E-state index in [4.69, 9.17) is 4.42 Å². The van der Waals surface area contributed by atoms with Crippen LogP contribution in [0.1, 0.15) is 37.6 Å². The van der Waals surface area contributed by atoms with Crippen molar-refractivity contribution in [2.24, 2.45) is 0 Å². The van der Waals surface area contributed by atoms with Crippen molar-refractivity contribution >= 4 is 0 Å². The average Bonchev–Trinajstić information content (AvgIpc) is 2.48. The zero-order valence-electron chi connectivity index (χ0n) is 8.69. The van der Waals surface area contributed by atoms with Crippen LogP contribution in [0.3, 0.4) is 0 Å². The summed E-state index contributed by atoms with van der Waals surface area (Å²) in [5, 5.41) is 2.94. The Kier molecular flexibility index (Phi) is 2.89. The molecule has 14 heavy (non-hydrogen) atoms. The second kappa shape index (κ2) is 3.65. The summed E-state index contributed by atoms with van der Waals surface area (Å²) in [6, 6.07) is 0. The van der Waals surface area contributed by atoms with E-state index in [2.05, 4.69) is 10.3 Å². The molecule has 80 valence electrons. The van der Waals surface area contributed by atoms with Crippen molar-refractivity contribution in [3.63, 3.8) is 0 Å². The van der Waals surface area contributed by atoms with Crippen LogP contribution < -0.4 is 5.32 Å². The highest BCUT2D eigenvalue weighted by molar-refractivity contribution is 5.13. The van der Waals surface area contributed by atoms with E-state index in [0.717, 1.165) is 0 Å². The maximum atomic E-state index is 12.4. The fourth-order valence-electron chi connectivity index (χ4n) is 0.985. The highest BCUT2D eigenvalue weighted by Gasteiger charge is 2.28. The average molecular weight is 204 g/mol. The highest BCUT2D eigenvalue weighted by Crippen LogP contribution is 2.27. The molecule has 0 aliphatic rings. The quantitative estimate of drug-likeness (QED) is 0.821. The maximum absolute atomic E-state index is 12.4. The molecule has 1 aromatic heterocycles. The summed E-state index contributed by atoms with van der Waals surface area (Å²) >= 11 is 0. The number of aromatic nitrogens is 1. The zero-order chi connectivity index (χ0) is 10.9. The first-order valence-corrected chi connectivity index (χ1v) is 4.33. The van der Waals surface area contributed by atoms with Gasteiger partial charge in [0.1, 0.15) is 11.5 Å². The van der Waals surface area contributed by atoms with Crippen molar-refractivity contribution in [3.05, 3.63) is 17.3 Å². The van der Waals surface area contributed by atoms with Crippen LogP contribution in [0.25, 0.3) is 0 Å². The van der Waals surface area contributed by atoms with Crippen molar-refractivity contribution in [1.29, 1.82) is 0 Å². The minimum Gasteiger partial charge on any atom is -0.443 e. The van der Waals surface area contributed by atoms with E-state index in [1.54, 1.807) is 7.05 Å². The van der Waals surface area contributed by atoms with Crippen LogP contribution in [0.2, 0.25) is 0 Å². The minimum absolute atomic E-state index is 0.179. The van der Waals surface area contributed by atoms with Crippen molar-refractivity contribution in [2.45, 2.75) is 32.7 Å². The zero-order valence-corrected chi connectivity index (χ0v) is 8.69. The van der Waals surface area contributed by atoms with E-state index in [1.807, 2.05) is 13.8 Å². The van der Waals surface area contributed by atoms with Gasteiger partial charge in [0, 0.05) is 0 Å². The summed E-state index contributed by atoms with van der Waals surface area (Å²) in [4.78, 5) is 3.77. The molecule has 1 rings (SSSR count). The van der Waals surface area contributed by atoms with Gasteiger partial charge in [-0.2, -0.15) is 0 Å². The van der Waals surface area contributed by atoms with Crippen molar-refractivity contribution in [1.82, 2.24) is 10.3 Å². The smallest absolute Gasteiger partial charge is 0.283 e. The Bertz CT molecular complexity index is 321. The van der Waals surface area contributed by atoms with E-state index in [1.165, 1.54) is 6.92 Å². The third-order valence-corrected chi connectivity index (χ3v) is 2.20. The largest absolute Gasteiger partial charge is 0.443 e. The van der Waals surface area contributed by atoms with Gasteiger partial charge in [0.15, 0.2) is 0 Å². The predicted molar refractivity (Wildman–Crippen MR) is 48.3 cm³/mol. The fourth-order valence-corrected chi connectivity index (χ4v) is 0.985. The Morgan fingerprint density at radius 2 is 2.00 bits per heavy atom. The normalized spacial score (nSPS) is 12.5. The SMILES string of the molecule is CNC(C)(C)c1nc(C(F)F)c(C)o1. The number of aryl methyl sites for hydroxylation is 1. The number of nitrogens with one attached hydrogen (secondary N) is 1. The van der Waals surface area contributed by atoms with Gasteiger partial charge in [-0.1, -0.05) is 0 Å². The van der Waals surface area contributed by atoms with E-state index < -0.39 is 12.0 Å². The maximum Gasteiger partial charge on any atom is 0.283 e. The first kappa shape index (κ1) is 11.1. The van der Waals surface area contributed by atoms with Gasteiger partial charge in [-0.05, 0) is 27.8 Å². The molecule has 3 nitrogen and oxygen atoms in total. The lowest BCUT2D eigenvalue weighted by Gasteiger charge is -2.18. The molecule has 0 saturated carbocycles. The molecule has 0 saturated heterocycles. The molecule has 0 unspecified atom stereocenters. The summed E-state index contributed by atoms with van der Waals surface area (Å²) in [6.45, 7) is 5.12. The van der Waals surface area contributed by atoms with E-state index in [9.17, 15) is 8.78 Å². The molecule has 0 fully saturated rings. The molecular formula is C9H14F2N2O. The predicted octanol–water partition coefficient (Wildman–Crippen LogP) is 2.38. The number of halogens is 2. The molecule has 0 aromatic carbocycles. The standard InChI is InChI=1S/C9H14F2N2O/c1-5-6(7(10)11)13-8(14-5)9(2,3)12-4/h7,12H,1-4H3. The van der Waals surface area contributed by atoms with Crippen LogP contribution in [-0.4, -0.2) is 12.0 Å². The first-order valence-electron chi connectivity index (χ1n) is 4.33. The molecule has 0 atom stereocenters. The highest BCUT2D eigenvalue weighted by atomic mass is 19.3. The van der Waals surface area contributed by atoms with Gasteiger partial charge in [-0.15, -0.1) is 0 Å². The Labute approximate surface area is 81.5 Å². The molecule has 0 aliphatic carbocycles. The number of hydrogen-bond acceptors (Lipinski definition) is 3. The number of oxazole rings is 1. The van der Waals surface area contributed by atoms with Gasteiger partial charge in [0.25, 0.3) is 6.43 Å². The Balaban J connectivity index is 3.08. The summed E-state index contributed by atoms with van der Waals surface area (Å²) in [6.07, 6.45) is -2.58. The molecule has 0 aliphatic heterocycles. The van der Waals surface area contributed by atoms with E-state index in [-0.39, 0.29) is 17.3 Å². The van der Waals surface area contributed by atoms with Gasteiger partial charge < -0.3 is 9.73 Å². The molecule has 0 radical (unpaired) electrons. The monoisotopic (exact) mass is 204 g/mol. The summed E-state index contributed by atoms with van der Waals surface area (Å²) in [7, 11) is 1.72. The fraction of sp³-hybridized carbons (Fsp3) is 0.667. The van der Waals surface area contributed by atoms with Crippen molar-refractivity contribution in [2.75, 3.05) is 7.05 Å². The van der Waals surface area contributed by atoms with Crippen LogP contribution in [0.5, 0.6) is 0 Å². The number of alkyl halides is 2. The van der Waals surface area contributed by atoms with Gasteiger partial charge in [-0.25, -0.2) is 13.8 Å². The van der Waals surface area contributed by atoms with E-state index >= 15 is 0 Å². The third kappa shape index (κ3) is 1.92. The third-order valence-electron chi connectivity index (χ3n) is 2.20. The van der Waals surface area contributed by atoms with Gasteiger partial charge in [-0.3, -0.25) is 0 Å². The molecule has 0 bridgehead atoms.